The Balaban J connectivity index is 2.06. The smallest absolute Gasteiger partial charge is 0.354 e. The number of halogens is 1. The second-order valence-electron chi connectivity index (χ2n) is 4.43. The predicted molar refractivity (Wildman–Crippen MR) is 85.5 cm³/mol. The van der Waals surface area contributed by atoms with Crippen LogP contribution in [-0.2, 0) is 6.61 Å². The lowest BCUT2D eigenvalue weighted by Gasteiger charge is -2.07. The second-order valence-corrected chi connectivity index (χ2v) is 4.84. The maximum atomic E-state index is 10.9. The third-order valence-corrected chi connectivity index (χ3v) is 3.16. The summed E-state index contributed by atoms with van der Waals surface area (Å²) < 4.78 is 5.53. The monoisotopic (exact) mass is 332 g/mol. The van der Waals surface area contributed by atoms with Gasteiger partial charge in [0.25, 0.3) is 0 Å². The van der Waals surface area contributed by atoms with Crippen molar-refractivity contribution in [1.82, 2.24) is 9.97 Å². The molecule has 0 spiro atoms. The zero-order valence-electron chi connectivity index (χ0n) is 11.9. The minimum atomic E-state index is -1.09. The summed E-state index contributed by atoms with van der Waals surface area (Å²) in [6.45, 7) is 0.177. The highest BCUT2D eigenvalue weighted by atomic mass is 35.5. The van der Waals surface area contributed by atoms with Crippen LogP contribution in [0.4, 0.5) is 0 Å². The Hall–Kier alpha value is -2.93. The predicted octanol–water partition coefficient (Wildman–Crippen LogP) is 2.27. The van der Waals surface area contributed by atoms with Crippen LogP contribution < -0.4 is 10.5 Å². The summed E-state index contributed by atoms with van der Waals surface area (Å²) in [5.74, 6) is -0.607. The molecule has 0 amide bonds. The molecule has 0 radical (unpaired) electrons. The number of allylic oxidation sites excluding steroid dienone is 1. The largest absolute Gasteiger partial charge is 0.487 e. The van der Waals surface area contributed by atoms with E-state index in [0.29, 0.717) is 17.0 Å². The van der Waals surface area contributed by atoms with Gasteiger partial charge in [-0.3, -0.25) is 4.98 Å². The molecule has 0 fully saturated rings. The van der Waals surface area contributed by atoms with Crippen molar-refractivity contribution in [1.29, 1.82) is 5.41 Å². The lowest BCUT2D eigenvalue weighted by atomic mass is 10.2. The number of pyridine rings is 2. The van der Waals surface area contributed by atoms with E-state index in [1.165, 1.54) is 18.5 Å². The van der Waals surface area contributed by atoms with Gasteiger partial charge in [-0.25, -0.2) is 9.78 Å². The van der Waals surface area contributed by atoms with Gasteiger partial charge in [-0.05, 0) is 29.8 Å². The second kappa shape index (κ2) is 7.37. The number of carboxylic acids is 1. The van der Waals surface area contributed by atoms with Gasteiger partial charge in [0.05, 0.1) is 22.6 Å². The van der Waals surface area contributed by atoms with Crippen molar-refractivity contribution in [2.45, 2.75) is 6.61 Å². The molecular weight excluding hydrogens is 320 g/mol. The fourth-order valence-electron chi connectivity index (χ4n) is 1.67. The number of aromatic nitrogens is 2. The highest BCUT2D eigenvalue weighted by molar-refractivity contribution is 6.41. The molecule has 0 saturated carbocycles. The molecule has 0 aliphatic rings. The van der Waals surface area contributed by atoms with Crippen molar-refractivity contribution in [3.8, 4) is 5.75 Å². The van der Waals surface area contributed by atoms with Crippen molar-refractivity contribution >= 4 is 29.5 Å². The van der Waals surface area contributed by atoms with Crippen molar-refractivity contribution in [3.05, 3.63) is 58.6 Å². The Bertz CT molecular complexity index is 760. The van der Waals surface area contributed by atoms with Gasteiger partial charge in [-0.15, -0.1) is 0 Å². The topological polar surface area (TPSA) is 122 Å². The van der Waals surface area contributed by atoms with Crippen LogP contribution in [0.5, 0.6) is 5.75 Å². The summed E-state index contributed by atoms with van der Waals surface area (Å²) in [5.41, 5.74) is 7.01. The zero-order valence-corrected chi connectivity index (χ0v) is 12.6. The Morgan fingerprint density at radius 3 is 2.74 bits per heavy atom. The summed E-state index contributed by atoms with van der Waals surface area (Å²) in [4.78, 5) is 18.7. The maximum absolute atomic E-state index is 10.9. The number of hydrogen-bond donors (Lipinski definition) is 3. The molecule has 2 aromatic rings. The maximum Gasteiger partial charge on any atom is 0.354 e. The Kier molecular flexibility index (Phi) is 5.27. The molecule has 0 aliphatic heterocycles. The summed E-state index contributed by atoms with van der Waals surface area (Å²) in [7, 11) is 0. The highest BCUT2D eigenvalue weighted by Gasteiger charge is 2.07. The van der Waals surface area contributed by atoms with Gasteiger partial charge in [0, 0.05) is 12.4 Å². The van der Waals surface area contributed by atoms with Crippen molar-refractivity contribution in [2.75, 3.05) is 0 Å². The van der Waals surface area contributed by atoms with Crippen LogP contribution in [0.2, 0.25) is 0 Å². The van der Waals surface area contributed by atoms with Crippen LogP contribution in [0, 0.1) is 5.41 Å². The number of carboxylic acid groups (broad SMARTS) is 1. The summed E-state index contributed by atoms with van der Waals surface area (Å²) in [5, 5.41) is 16.0. The van der Waals surface area contributed by atoms with Crippen LogP contribution in [0.25, 0.3) is 5.70 Å². The molecule has 2 rings (SSSR count). The summed E-state index contributed by atoms with van der Waals surface area (Å²) in [6.07, 6.45) is 3.82. The fourth-order valence-corrected chi connectivity index (χ4v) is 1.77. The quantitative estimate of drug-likeness (QED) is 0.697. The molecule has 0 unspecified atom stereocenters. The third kappa shape index (κ3) is 4.27. The number of nitrogens with one attached hydrogen (secondary N) is 1. The first-order chi connectivity index (χ1) is 11.0. The van der Waals surface area contributed by atoms with Gasteiger partial charge in [0.2, 0.25) is 0 Å². The first-order valence-electron chi connectivity index (χ1n) is 6.44. The van der Waals surface area contributed by atoms with E-state index in [-0.39, 0.29) is 23.0 Å². The van der Waals surface area contributed by atoms with E-state index in [1.54, 1.807) is 18.2 Å². The van der Waals surface area contributed by atoms with Crippen molar-refractivity contribution in [3.63, 3.8) is 0 Å². The Morgan fingerprint density at radius 1 is 1.35 bits per heavy atom. The van der Waals surface area contributed by atoms with Crippen molar-refractivity contribution < 1.29 is 14.6 Å². The zero-order chi connectivity index (χ0) is 16.8. The molecule has 4 N–H and O–H groups in total. The van der Waals surface area contributed by atoms with Crippen LogP contribution >= 0.6 is 11.6 Å². The van der Waals surface area contributed by atoms with E-state index in [2.05, 4.69) is 9.97 Å². The number of ether oxygens (including phenoxy) is 1. The molecule has 2 heterocycles. The van der Waals surface area contributed by atoms with E-state index >= 15 is 0 Å². The van der Waals surface area contributed by atoms with Gasteiger partial charge in [0.15, 0.2) is 0 Å². The van der Waals surface area contributed by atoms with Gasteiger partial charge >= 0.3 is 5.97 Å². The SMILES string of the molecule is N=CC(Cl)=C(N)c1ccc(OCc2ccnc(C(=O)O)c2)cn1. The van der Waals surface area contributed by atoms with E-state index in [1.807, 2.05) is 0 Å². The Labute approximate surface area is 136 Å². The first-order valence-corrected chi connectivity index (χ1v) is 6.82. The normalized spacial score (nSPS) is 11.5. The van der Waals surface area contributed by atoms with E-state index < -0.39 is 5.97 Å². The van der Waals surface area contributed by atoms with Crippen LogP contribution in [0.3, 0.4) is 0 Å². The van der Waals surface area contributed by atoms with Crippen LogP contribution in [-0.4, -0.2) is 27.3 Å². The first kappa shape index (κ1) is 16.4. The number of hydrogen-bond acceptors (Lipinski definition) is 6. The number of nitrogens with two attached hydrogens (primary N) is 1. The summed E-state index contributed by atoms with van der Waals surface area (Å²) in [6, 6.07) is 6.38. The average molecular weight is 333 g/mol. The van der Waals surface area contributed by atoms with Gasteiger partial charge in [0.1, 0.15) is 18.1 Å². The molecule has 0 atom stereocenters. The van der Waals surface area contributed by atoms with Crippen LogP contribution in [0.15, 0.2) is 41.7 Å². The molecule has 23 heavy (non-hydrogen) atoms. The number of aromatic carboxylic acids is 1. The van der Waals surface area contributed by atoms with Crippen LogP contribution in [0.1, 0.15) is 21.7 Å². The molecule has 0 aromatic carbocycles. The standard InChI is InChI=1S/C15H13ClN4O3/c16-11(6-17)14(18)12-2-1-10(7-20-12)23-8-9-3-4-19-13(5-9)15(21)22/h1-7,17H,8,18H2,(H,21,22). The lowest BCUT2D eigenvalue weighted by Crippen LogP contribution is -2.04. The lowest BCUT2D eigenvalue weighted by molar-refractivity contribution is 0.0690. The third-order valence-electron chi connectivity index (χ3n) is 2.85. The molecule has 0 bridgehead atoms. The molecule has 0 aliphatic carbocycles. The minimum absolute atomic E-state index is 0.0428. The number of carbonyl (C=O) groups is 1. The molecule has 2 aromatic heterocycles. The van der Waals surface area contributed by atoms with Gasteiger partial charge in [-0.1, -0.05) is 11.6 Å². The molecular formula is C15H13ClN4O3. The molecule has 118 valence electrons. The molecule has 8 heteroatoms. The number of nitrogens with zero attached hydrogens (tertiary/aromatic N) is 2. The number of rotatable bonds is 6. The average Bonchev–Trinajstić information content (AvgIpc) is 2.59. The Morgan fingerprint density at radius 2 is 2.13 bits per heavy atom. The van der Waals surface area contributed by atoms with Gasteiger partial charge in [-0.2, -0.15) is 0 Å². The van der Waals surface area contributed by atoms with E-state index in [4.69, 9.17) is 32.6 Å². The minimum Gasteiger partial charge on any atom is -0.487 e. The molecule has 0 saturated heterocycles. The van der Waals surface area contributed by atoms with Crippen molar-refractivity contribution in [2.24, 2.45) is 5.73 Å². The molecule has 7 nitrogen and oxygen atoms in total. The van der Waals surface area contributed by atoms with E-state index in [9.17, 15) is 4.79 Å². The van der Waals surface area contributed by atoms with E-state index in [0.717, 1.165) is 6.21 Å². The summed E-state index contributed by atoms with van der Waals surface area (Å²) >= 11 is 5.76. The van der Waals surface area contributed by atoms with Gasteiger partial charge < -0.3 is 21.0 Å². The highest BCUT2D eigenvalue weighted by Crippen LogP contribution is 2.17. The fraction of sp³-hybridized carbons (Fsp3) is 0.0667.